The zero-order valence-corrected chi connectivity index (χ0v) is 24.8. The van der Waals surface area contributed by atoms with Crippen LogP contribution in [0.3, 0.4) is 0 Å². The van der Waals surface area contributed by atoms with Crippen LogP contribution in [0.1, 0.15) is 48.5 Å². The molecular formula is C28H35ClN4O4S2. The SMILES string of the molecule is Cc1ccc(Cl)c2sc(N(CCCN3CCOCC3)C(=O)c3ccc(S(=O)(=O)N4CCCCC4C)cc3)nc12. The van der Waals surface area contributed by atoms with E-state index >= 15 is 0 Å². The Labute approximate surface area is 239 Å². The number of piperidine rings is 1. The van der Waals surface area contributed by atoms with E-state index in [4.69, 9.17) is 21.3 Å². The van der Waals surface area contributed by atoms with Crippen LogP contribution in [0.25, 0.3) is 10.2 Å². The molecule has 2 fully saturated rings. The fourth-order valence-electron chi connectivity index (χ4n) is 5.26. The summed E-state index contributed by atoms with van der Waals surface area (Å²) in [5.74, 6) is -0.208. The number of anilines is 1. The van der Waals surface area contributed by atoms with Gasteiger partial charge < -0.3 is 4.74 Å². The van der Waals surface area contributed by atoms with Gasteiger partial charge in [0.25, 0.3) is 5.91 Å². The first kappa shape index (κ1) is 28.4. The number of rotatable bonds is 8. The van der Waals surface area contributed by atoms with Crippen molar-refractivity contribution in [3.05, 3.63) is 52.5 Å². The molecule has 0 bridgehead atoms. The molecule has 1 atom stereocenters. The Morgan fingerprint density at radius 2 is 1.87 bits per heavy atom. The largest absolute Gasteiger partial charge is 0.379 e. The second-order valence-electron chi connectivity index (χ2n) is 10.3. The Kier molecular flexibility index (Phi) is 8.90. The van der Waals surface area contributed by atoms with E-state index in [2.05, 4.69) is 4.90 Å². The molecule has 0 spiro atoms. The molecule has 5 rings (SSSR count). The molecule has 0 N–H and O–H groups in total. The average Bonchev–Trinajstić information content (AvgIpc) is 3.40. The fourth-order valence-corrected chi connectivity index (χ4v) is 8.30. The molecule has 2 saturated heterocycles. The summed E-state index contributed by atoms with van der Waals surface area (Å²) in [6.45, 7) is 9.02. The van der Waals surface area contributed by atoms with Crippen LogP contribution in [-0.4, -0.2) is 80.5 Å². The number of fused-ring (bicyclic) bond motifs is 1. The summed E-state index contributed by atoms with van der Waals surface area (Å²) in [6.07, 6.45) is 3.54. The van der Waals surface area contributed by atoms with E-state index in [1.54, 1.807) is 33.5 Å². The van der Waals surface area contributed by atoms with E-state index in [9.17, 15) is 13.2 Å². The van der Waals surface area contributed by atoms with E-state index in [1.165, 1.54) is 11.3 Å². The van der Waals surface area contributed by atoms with Crippen LogP contribution >= 0.6 is 22.9 Å². The first-order chi connectivity index (χ1) is 18.8. The highest BCUT2D eigenvalue weighted by atomic mass is 35.5. The van der Waals surface area contributed by atoms with E-state index in [0.29, 0.717) is 28.8 Å². The van der Waals surface area contributed by atoms with Crippen LogP contribution in [0, 0.1) is 6.92 Å². The van der Waals surface area contributed by atoms with Crippen LogP contribution in [0.4, 0.5) is 5.13 Å². The number of hydrogen-bond donors (Lipinski definition) is 0. The van der Waals surface area contributed by atoms with Gasteiger partial charge in [-0.15, -0.1) is 0 Å². The lowest BCUT2D eigenvalue weighted by atomic mass is 10.1. The molecule has 1 unspecified atom stereocenters. The Balaban J connectivity index is 1.40. The first-order valence-corrected chi connectivity index (χ1v) is 16.2. The number of morpholine rings is 1. The monoisotopic (exact) mass is 590 g/mol. The van der Waals surface area contributed by atoms with Crippen molar-refractivity contribution in [2.24, 2.45) is 0 Å². The van der Waals surface area contributed by atoms with Gasteiger partial charge in [-0.3, -0.25) is 14.6 Å². The number of aryl methyl sites for hydroxylation is 1. The molecule has 0 saturated carbocycles. The molecule has 0 aliphatic carbocycles. The number of aromatic nitrogens is 1. The predicted molar refractivity (Wildman–Crippen MR) is 157 cm³/mol. The maximum atomic E-state index is 13.9. The van der Waals surface area contributed by atoms with Crippen LogP contribution in [0.5, 0.6) is 0 Å². The first-order valence-electron chi connectivity index (χ1n) is 13.6. The molecule has 3 heterocycles. The minimum absolute atomic E-state index is 0.0265. The maximum Gasteiger partial charge on any atom is 0.260 e. The number of halogens is 1. The third-order valence-corrected chi connectivity index (χ3v) is 11.1. The highest BCUT2D eigenvalue weighted by molar-refractivity contribution is 7.89. The van der Waals surface area contributed by atoms with Crippen molar-refractivity contribution in [2.75, 3.05) is 50.8 Å². The van der Waals surface area contributed by atoms with Crippen LogP contribution in [0.2, 0.25) is 5.02 Å². The van der Waals surface area contributed by atoms with Crippen molar-refractivity contribution < 1.29 is 17.9 Å². The highest BCUT2D eigenvalue weighted by Crippen LogP contribution is 2.36. The quantitative estimate of drug-likeness (QED) is 0.359. The predicted octanol–water partition coefficient (Wildman–Crippen LogP) is 5.19. The van der Waals surface area contributed by atoms with Gasteiger partial charge in [0, 0.05) is 44.3 Å². The third-order valence-electron chi connectivity index (χ3n) is 7.57. The van der Waals surface area contributed by atoms with Crippen molar-refractivity contribution in [1.29, 1.82) is 0 Å². The second kappa shape index (κ2) is 12.2. The van der Waals surface area contributed by atoms with Crippen LogP contribution in [0.15, 0.2) is 41.3 Å². The Morgan fingerprint density at radius 1 is 1.13 bits per heavy atom. The summed E-state index contributed by atoms with van der Waals surface area (Å²) in [6, 6.07) is 10.1. The average molecular weight is 591 g/mol. The lowest BCUT2D eigenvalue weighted by Crippen LogP contribution is -2.41. The Bertz CT molecular complexity index is 1380. The number of benzene rings is 2. The zero-order valence-electron chi connectivity index (χ0n) is 22.4. The summed E-state index contributed by atoms with van der Waals surface area (Å²) in [5.41, 5.74) is 2.22. The Morgan fingerprint density at radius 3 is 2.56 bits per heavy atom. The van der Waals surface area contributed by atoms with Crippen molar-refractivity contribution in [3.8, 4) is 0 Å². The molecule has 39 heavy (non-hydrogen) atoms. The number of thiazole rings is 1. The van der Waals surface area contributed by atoms with E-state index in [-0.39, 0.29) is 16.8 Å². The number of carbonyl (C=O) groups excluding carboxylic acids is 1. The van der Waals surface area contributed by atoms with Crippen molar-refractivity contribution in [2.45, 2.75) is 50.5 Å². The van der Waals surface area contributed by atoms with Gasteiger partial charge in [-0.05, 0) is 69.0 Å². The van der Waals surface area contributed by atoms with Crippen molar-refractivity contribution in [3.63, 3.8) is 0 Å². The molecule has 11 heteroatoms. The third kappa shape index (κ3) is 6.16. The zero-order chi connectivity index (χ0) is 27.6. The van der Waals surface area contributed by atoms with E-state index in [1.807, 2.05) is 26.0 Å². The molecule has 2 aliphatic rings. The Hall–Kier alpha value is -2.08. The number of carbonyl (C=O) groups is 1. The molecule has 0 radical (unpaired) electrons. The number of sulfonamides is 1. The van der Waals surface area contributed by atoms with Gasteiger partial charge in [0.15, 0.2) is 5.13 Å². The van der Waals surface area contributed by atoms with Crippen molar-refractivity contribution >= 4 is 54.2 Å². The minimum Gasteiger partial charge on any atom is -0.379 e. The number of ether oxygens (including phenoxy) is 1. The van der Waals surface area contributed by atoms with Crippen LogP contribution in [-0.2, 0) is 14.8 Å². The molecule has 3 aromatic rings. The normalized spacial score (nSPS) is 19.4. The lowest BCUT2D eigenvalue weighted by molar-refractivity contribution is 0.0376. The summed E-state index contributed by atoms with van der Waals surface area (Å²) < 4.78 is 34.5. The van der Waals surface area contributed by atoms with Crippen LogP contribution < -0.4 is 4.90 Å². The molecule has 8 nitrogen and oxygen atoms in total. The fraction of sp³-hybridized carbons (Fsp3) is 0.500. The molecule has 2 aromatic carbocycles. The van der Waals surface area contributed by atoms with Crippen molar-refractivity contribution in [1.82, 2.24) is 14.2 Å². The molecule has 210 valence electrons. The summed E-state index contributed by atoms with van der Waals surface area (Å²) in [7, 11) is -3.61. The molecule has 1 amide bonds. The maximum absolute atomic E-state index is 13.9. The van der Waals surface area contributed by atoms with Gasteiger partial charge in [0.1, 0.15) is 0 Å². The summed E-state index contributed by atoms with van der Waals surface area (Å²) in [5, 5.41) is 1.20. The van der Waals surface area contributed by atoms with Gasteiger partial charge in [0.2, 0.25) is 10.0 Å². The van der Waals surface area contributed by atoms with Gasteiger partial charge in [-0.25, -0.2) is 13.4 Å². The molecular weight excluding hydrogens is 556 g/mol. The van der Waals surface area contributed by atoms with Gasteiger partial charge >= 0.3 is 0 Å². The summed E-state index contributed by atoms with van der Waals surface area (Å²) in [4.78, 5) is 22.9. The number of nitrogens with zero attached hydrogens (tertiary/aromatic N) is 4. The second-order valence-corrected chi connectivity index (χ2v) is 13.6. The van der Waals surface area contributed by atoms with Gasteiger partial charge in [-0.1, -0.05) is 35.4 Å². The smallest absolute Gasteiger partial charge is 0.260 e. The van der Waals surface area contributed by atoms with Gasteiger partial charge in [-0.2, -0.15) is 4.31 Å². The van der Waals surface area contributed by atoms with Gasteiger partial charge in [0.05, 0.1) is 33.3 Å². The lowest BCUT2D eigenvalue weighted by Gasteiger charge is -2.32. The summed E-state index contributed by atoms with van der Waals surface area (Å²) >= 11 is 7.88. The number of hydrogen-bond acceptors (Lipinski definition) is 7. The van der Waals surface area contributed by atoms with E-state index < -0.39 is 10.0 Å². The molecule has 2 aliphatic heterocycles. The van der Waals surface area contributed by atoms with E-state index in [0.717, 1.165) is 74.3 Å². The topological polar surface area (TPSA) is 83.0 Å². The highest BCUT2D eigenvalue weighted by Gasteiger charge is 2.31. The standard InChI is InChI=1S/C28H35ClN4O4S2/c1-20-7-12-24(29)26-25(20)30-28(38-26)32(14-5-13-31-16-18-37-19-17-31)27(34)22-8-10-23(11-9-22)39(35,36)33-15-4-3-6-21(33)2/h7-12,21H,3-6,13-19H2,1-2H3. The molecule has 1 aromatic heterocycles. The minimum atomic E-state index is -3.61. The number of amides is 1.